The Bertz CT molecular complexity index is 248. The molecule has 0 aromatic carbocycles. The number of amides is 1. The lowest BCUT2D eigenvalue weighted by atomic mass is 10.1. The first-order valence-electron chi connectivity index (χ1n) is 5.09. The molecule has 0 heterocycles. The molecule has 0 rings (SSSR count). The topological polar surface area (TPSA) is 42.7 Å². The summed E-state index contributed by atoms with van der Waals surface area (Å²) < 4.78 is 5.11. The molecule has 1 atom stereocenters. The van der Waals surface area contributed by atoms with Crippen LogP contribution < -0.4 is 5.32 Å². The molecule has 1 unspecified atom stereocenters. The molecular formula is C11H20N2O2. The number of hydrogen-bond acceptors (Lipinski definition) is 2. The third-order valence-electron chi connectivity index (χ3n) is 1.79. The number of ether oxygens (including phenoxy) is 1. The Morgan fingerprint density at radius 1 is 1.47 bits per heavy atom. The van der Waals surface area contributed by atoms with Gasteiger partial charge in [0.05, 0.1) is 0 Å². The zero-order valence-corrected chi connectivity index (χ0v) is 10.1. The third kappa shape index (κ3) is 6.78. The molecule has 0 aromatic heterocycles. The second-order valence-electron chi connectivity index (χ2n) is 4.84. The fourth-order valence-corrected chi connectivity index (χ4v) is 0.980. The molecule has 15 heavy (non-hydrogen) atoms. The van der Waals surface area contributed by atoms with Gasteiger partial charge in [0, 0.05) is 0 Å². The highest BCUT2D eigenvalue weighted by Crippen LogP contribution is 2.08. The van der Waals surface area contributed by atoms with Crippen LogP contribution in [0.25, 0.3) is 4.85 Å². The number of carbonyl (C=O) groups excluding carboxylic acids is 1. The van der Waals surface area contributed by atoms with E-state index in [1.54, 1.807) is 0 Å². The van der Waals surface area contributed by atoms with E-state index in [0.717, 1.165) is 0 Å². The molecular weight excluding hydrogens is 192 g/mol. The minimum Gasteiger partial charge on any atom is -0.444 e. The second-order valence-corrected chi connectivity index (χ2v) is 4.84. The summed E-state index contributed by atoms with van der Waals surface area (Å²) in [5.41, 5.74) is -0.496. The van der Waals surface area contributed by atoms with Gasteiger partial charge in [0.1, 0.15) is 11.6 Å². The van der Waals surface area contributed by atoms with Crippen LogP contribution in [-0.2, 0) is 4.74 Å². The molecule has 86 valence electrons. The van der Waals surface area contributed by atoms with Gasteiger partial charge in [0.15, 0.2) is 0 Å². The molecule has 0 saturated heterocycles. The molecule has 0 aromatic rings. The van der Waals surface area contributed by atoms with Crippen molar-refractivity contribution in [2.24, 2.45) is 5.92 Å². The zero-order chi connectivity index (χ0) is 12.1. The standard InChI is InChI=1S/C11H20N2O2/c1-8(2)9(7-12-6)13-10(14)15-11(3,4)5/h8-9H,7H2,1-5H3,(H,13,14). The lowest BCUT2D eigenvalue weighted by molar-refractivity contribution is 0.0495. The summed E-state index contributed by atoms with van der Waals surface area (Å²) in [6, 6.07) is -0.141. The highest BCUT2D eigenvalue weighted by Gasteiger charge is 2.22. The summed E-state index contributed by atoms with van der Waals surface area (Å²) in [7, 11) is 0. The van der Waals surface area contributed by atoms with E-state index in [9.17, 15) is 4.79 Å². The fraction of sp³-hybridized carbons (Fsp3) is 0.818. The molecule has 0 radical (unpaired) electrons. The Morgan fingerprint density at radius 2 is 2.00 bits per heavy atom. The normalized spacial score (nSPS) is 13.1. The first-order chi connectivity index (χ1) is 6.76. The number of hydrogen-bond donors (Lipinski definition) is 1. The lowest BCUT2D eigenvalue weighted by Gasteiger charge is -2.23. The van der Waals surface area contributed by atoms with Crippen LogP contribution in [0.4, 0.5) is 4.79 Å². The van der Waals surface area contributed by atoms with Gasteiger partial charge in [-0.15, -0.1) is 0 Å². The zero-order valence-electron chi connectivity index (χ0n) is 10.1. The van der Waals surface area contributed by atoms with Crippen molar-refractivity contribution < 1.29 is 9.53 Å². The van der Waals surface area contributed by atoms with Crippen LogP contribution >= 0.6 is 0 Å². The van der Waals surface area contributed by atoms with Gasteiger partial charge in [-0.05, 0) is 26.7 Å². The van der Waals surface area contributed by atoms with Crippen LogP contribution in [0.15, 0.2) is 0 Å². The van der Waals surface area contributed by atoms with Crippen molar-refractivity contribution in [1.29, 1.82) is 0 Å². The largest absolute Gasteiger partial charge is 0.444 e. The monoisotopic (exact) mass is 212 g/mol. The first-order valence-corrected chi connectivity index (χ1v) is 5.09. The maximum absolute atomic E-state index is 11.4. The number of nitrogens with zero attached hydrogens (tertiary/aromatic N) is 1. The number of rotatable bonds is 3. The van der Waals surface area contributed by atoms with E-state index in [0.29, 0.717) is 0 Å². The summed E-state index contributed by atoms with van der Waals surface area (Å²) in [4.78, 5) is 14.7. The van der Waals surface area contributed by atoms with Crippen molar-refractivity contribution in [2.45, 2.75) is 46.3 Å². The van der Waals surface area contributed by atoms with Gasteiger partial charge in [-0.1, -0.05) is 13.8 Å². The third-order valence-corrected chi connectivity index (χ3v) is 1.79. The molecule has 0 aliphatic heterocycles. The Kier molecular flexibility index (Phi) is 5.13. The Balaban J connectivity index is 4.19. The Labute approximate surface area is 91.8 Å². The van der Waals surface area contributed by atoms with E-state index in [1.807, 2.05) is 34.6 Å². The van der Waals surface area contributed by atoms with Crippen molar-refractivity contribution in [1.82, 2.24) is 5.32 Å². The Hall–Kier alpha value is -1.24. The van der Waals surface area contributed by atoms with Crippen LogP contribution in [-0.4, -0.2) is 24.3 Å². The van der Waals surface area contributed by atoms with Crippen molar-refractivity contribution in [2.75, 3.05) is 6.54 Å². The summed E-state index contributed by atoms with van der Waals surface area (Å²) in [5, 5.41) is 2.70. The summed E-state index contributed by atoms with van der Waals surface area (Å²) >= 11 is 0. The molecule has 0 spiro atoms. The molecule has 0 fully saturated rings. The second kappa shape index (κ2) is 5.59. The van der Waals surface area contributed by atoms with Crippen LogP contribution in [0.1, 0.15) is 34.6 Å². The van der Waals surface area contributed by atoms with Crippen LogP contribution in [0, 0.1) is 12.5 Å². The number of nitrogens with one attached hydrogen (secondary N) is 1. The predicted molar refractivity (Wildman–Crippen MR) is 59.5 cm³/mol. The van der Waals surface area contributed by atoms with Gasteiger partial charge in [0.25, 0.3) is 0 Å². The smallest absolute Gasteiger partial charge is 0.408 e. The van der Waals surface area contributed by atoms with Gasteiger partial charge in [0.2, 0.25) is 6.54 Å². The van der Waals surface area contributed by atoms with Crippen molar-refractivity contribution in [3.63, 3.8) is 0 Å². The van der Waals surface area contributed by atoms with E-state index < -0.39 is 11.7 Å². The van der Waals surface area contributed by atoms with Crippen LogP contribution in [0.3, 0.4) is 0 Å². The van der Waals surface area contributed by atoms with E-state index >= 15 is 0 Å². The van der Waals surface area contributed by atoms with Gasteiger partial charge >= 0.3 is 6.09 Å². The molecule has 0 aliphatic rings. The maximum Gasteiger partial charge on any atom is 0.408 e. The van der Waals surface area contributed by atoms with Crippen molar-refractivity contribution in [3.05, 3.63) is 11.4 Å². The van der Waals surface area contributed by atoms with E-state index in [1.165, 1.54) is 0 Å². The molecule has 0 aliphatic carbocycles. The Morgan fingerprint density at radius 3 is 2.33 bits per heavy atom. The van der Waals surface area contributed by atoms with Crippen LogP contribution in [0.2, 0.25) is 0 Å². The van der Waals surface area contributed by atoms with Crippen LogP contribution in [0.5, 0.6) is 0 Å². The van der Waals surface area contributed by atoms with Gasteiger partial charge in [-0.25, -0.2) is 11.4 Å². The van der Waals surface area contributed by atoms with Crippen molar-refractivity contribution >= 4 is 6.09 Å². The van der Waals surface area contributed by atoms with E-state index in [2.05, 4.69) is 10.2 Å². The van der Waals surface area contributed by atoms with Crippen molar-refractivity contribution in [3.8, 4) is 0 Å². The number of carbonyl (C=O) groups is 1. The molecule has 4 heteroatoms. The quantitative estimate of drug-likeness (QED) is 0.730. The van der Waals surface area contributed by atoms with Gasteiger partial charge in [-0.3, -0.25) is 0 Å². The van der Waals surface area contributed by atoms with E-state index in [4.69, 9.17) is 11.3 Å². The van der Waals surface area contributed by atoms with Gasteiger partial charge in [-0.2, -0.15) is 0 Å². The molecule has 0 bridgehead atoms. The minimum absolute atomic E-state index is 0.141. The average Bonchev–Trinajstić information content (AvgIpc) is 1.99. The predicted octanol–water partition coefficient (Wildman–Crippen LogP) is 2.45. The molecule has 4 nitrogen and oxygen atoms in total. The SMILES string of the molecule is [C-]#[N+]CC(NC(=O)OC(C)(C)C)C(C)C. The molecule has 1 amide bonds. The summed E-state index contributed by atoms with van der Waals surface area (Å²) in [6.07, 6.45) is -0.454. The van der Waals surface area contributed by atoms with E-state index in [-0.39, 0.29) is 18.5 Å². The highest BCUT2D eigenvalue weighted by atomic mass is 16.6. The first kappa shape index (κ1) is 13.8. The lowest BCUT2D eigenvalue weighted by Crippen LogP contribution is -2.43. The maximum atomic E-state index is 11.4. The summed E-state index contributed by atoms with van der Waals surface area (Å²) in [6.45, 7) is 16.4. The highest BCUT2D eigenvalue weighted by molar-refractivity contribution is 5.68. The molecule has 1 N–H and O–H groups in total. The molecule has 0 saturated carbocycles. The number of alkyl carbamates (subject to hydrolysis) is 1. The fourth-order valence-electron chi connectivity index (χ4n) is 0.980. The summed E-state index contributed by atoms with van der Waals surface area (Å²) in [5.74, 6) is 0.228. The minimum atomic E-state index is -0.496. The average molecular weight is 212 g/mol. The van der Waals surface area contributed by atoms with Gasteiger partial charge < -0.3 is 14.9 Å².